The Bertz CT molecular complexity index is 557. The minimum atomic E-state index is 0.498. The van der Waals surface area contributed by atoms with E-state index in [1.807, 2.05) is 18.5 Å². The first-order chi connectivity index (χ1) is 10.2. The highest BCUT2D eigenvalue weighted by Crippen LogP contribution is 2.20. The molecule has 1 heterocycles. The molecule has 0 atom stereocenters. The molecule has 0 spiro atoms. The number of likely N-dealkylation sites (N-methyl/N-ethyl adjacent to an activating group) is 1. The fourth-order valence-corrected chi connectivity index (χ4v) is 2.35. The molecule has 1 aromatic carbocycles. The molecule has 21 heavy (non-hydrogen) atoms. The summed E-state index contributed by atoms with van der Waals surface area (Å²) >= 11 is 0. The number of hydrogen-bond donors (Lipinski definition) is 1. The third-order valence-electron chi connectivity index (χ3n) is 3.55. The van der Waals surface area contributed by atoms with E-state index in [4.69, 9.17) is 10.5 Å². The monoisotopic (exact) mass is 285 g/mol. The van der Waals surface area contributed by atoms with Crippen molar-refractivity contribution in [3.05, 3.63) is 59.4 Å². The Morgan fingerprint density at radius 3 is 2.57 bits per heavy atom. The van der Waals surface area contributed by atoms with Crippen LogP contribution in [0.25, 0.3) is 0 Å². The third-order valence-corrected chi connectivity index (χ3v) is 3.55. The van der Waals surface area contributed by atoms with E-state index in [2.05, 4.69) is 41.2 Å². The maximum atomic E-state index is 5.76. The van der Waals surface area contributed by atoms with Crippen molar-refractivity contribution < 1.29 is 4.74 Å². The zero-order chi connectivity index (χ0) is 15.1. The second kappa shape index (κ2) is 7.76. The predicted octanol–water partition coefficient (Wildman–Crippen LogP) is 2.22. The lowest BCUT2D eigenvalue weighted by molar-refractivity contribution is 0.330. The van der Waals surface area contributed by atoms with Crippen molar-refractivity contribution in [2.24, 2.45) is 5.73 Å². The Morgan fingerprint density at radius 2 is 1.90 bits per heavy atom. The fraction of sp³-hybridized carbons (Fsp3) is 0.353. The topological polar surface area (TPSA) is 51.4 Å². The number of ether oxygens (including phenoxy) is 1. The number of hydrogen-bond acceptors (Lipinski definition) is 4. The van der Waals surface area contributed by atoms with Crippen LogP contribution in [0.5, 0.6) is 5.75 Å². The summed E-state index contributed by atoms with van der Waals surface area (Å²) in [5.74, 6) is 0.862. The quantitative estimate of drug-likeness (QED) is 0.847. The van der Waals surface area contributed by atoms with Crippen LogP contribution in [0.4, 0.5) is 0 Å². The molecule has 0 saturated carbocycles. The Balaban J connectivity index is 1.91. The predicted molar refractivity (Wildman–Crippen MR) is 85.2 cm³/mol. The van der Waals surface area contributed by atoms with Gasteiger partial charge in [-0.2, -0.15) is 0 Å². The number of aromatic nitrogens is 1. The summed E-state index contributed by atoms with van der Waals surface area (Å²) < 4.78 is 5.30. The molecule has 0 amide bonds. The summed E-state index contributed by atoms with van der Waals surface area (Å²) in [5.41, 5.74) is 9.39. The molecule has 0 fully saturated rings. The first kappa shape index (κ1) is 15.5. The zero-order valence-electron chi connectivity index (χ0n) is 12.7. The number of nitrogens with zero attached hydrogens (tertiary/aromatic N) is 2. The first-order valence-corrected chi connectivity index (χ1v) is 7.16. The number of rotatable bonds is 7. The van der Waals surface area contributed by atoms with Crippen LogP contribution >= 0.6 is 0 Å². The Kier molecular flexibility index (Phi) is 5.72. The van der Waals surface area contributed by atoms with Gasteiger partial charge in [-0.15, -0.1) is 0 Å². The van der Waals surface area contributed by atoms with Crippen molar-refractivity contribution in [1.29, 1.82) is 0 Å². The zero-order valence-corrected chi connectivity index (χ0v) is 12.7. The van der Waals surface area contributed by atoms with Gasteiger partial charge in [-0.1, -0.05) is 6.07 Å². The van der Waals surface area contributed by atoms with Gasteiger partial charge >= 0.3 is 0 Å². The van der Waals surface area contributed by atoms with Crippen molar-refractivity contribution in [1.82, 2.24) is 9.88 Å². The second-order valence-electron chi connectivity index (χ2n) is 5.19. The van der Waals surface area contributed by atoms with Gasteiger partial charge in [0, 0.05) is 37.6 Å². The molecule has 0 unspecified atom stereocenters. The van der Waals surface area contributed by atoms with Crippen LogP contribution in [0.1, 0.15) is 16.7 Å². The van der Waals surface area contributed by atoms with Gasteiger partial charge in [0.1, 0.15) is 5.75 Å². The van der Waals surface area contributed by atoms with E-state index >= 15 is 0 Å². The molecule has 2 N–H and O–H groups in total. The van der Waals surface area contributed by atoms with E-state index in [-0.39, 0.29) is 0 Å². The first-order valence-electron chi connectivity index (χ1n) is 7.16. The maximum absolute atomic E-state index is 5.76. The van der Waals surface area contributed by atoms with Crippen LogP contribution in [0.3, 0.4) is 0 Å². The normalized spacial score (nSPS) is 10.9. The van der Waals surface area contributed by atoms with Gasteiger partial charge in [-0.25, -0.2) is 0 Å². The van der Waals surface area contributed by atoms with Gasteiger partial charge < -0.3 is 15.4 Å². The minimum absolute atomic E-state index is 0.498. The fourth-order valence-electron chi connectivity index (χ4n) is 2.35. The van der Waals surface area contributed by atoms with Gasteiger partial charge in [-0.05, 0) is 48.9 Å². The average Bonchev–Trinajstić information content (AvgIpc) is 2.53. The lowest BCUT2D eigenvalue weighted by atomic mass is 10.1. The largest absolute Gasteiger partial charge is 0.496 e. The molecule has 112 valence electrons. The van der Waals surface area contributed by atoms with Crippen molar-refractivity contribution in [2.75, 3.05) is 20.7 Å². The van der Waals surface area contributed by atoms with Crippen molar-refractivity contribution >= 4 is 0 Å². The summed E-state index contributed by atoms with van der Waals surface area (Å²) in [4.78, 5) is 6.35. The molecule has 0 radical (unpaired) electrons. The van der Waals surface area contributed by atoms with Crippen LogP contribution in [-0.4, -0.2) is 30.6 Å². The third kappa shape index (κ3) is 4.55. The van der Waals surface area contributed by atoms with Gasteiger partial charge in [0.15, 0.2) is 0 Å². The summed E-state index contributed by atoms with van der Waals surface area (Å²) in [6, 6.07) is 10.3. The lowest BCUT2D eigenvalue weighted by Gasteiger charge is -2.18. The Morgan fingerprint density at radius 1 is 1.14 bits per heavy atom. The molecule has 0 aliphatic heterocycles. The molecule has 1 aromatic heterocycles. The molecule has 0 aliphatic carbocycles. The molecule has 0 aliphatic rings. The van der Waals surface area contributed by atoms with Gasteiger partial charge in [0.25, 0.3) is 0 Å². The van der Waals surface area contributed by atoms with Crippen molar-refractivity contribution in [3.63, 3.8) is 0 Å². The molecular formula is C17H23N3O. The van der Waals surface area contributed by atoms with E-state index in [1.54, 1.807) is 7.11 Å². The van der Waals surface area contributed by atoms with E-state index in [0.717, 1.165) is 30.8 Å². The number of nitrogens with two attached hydrogens (primary N) is 1. The summed E-state index contributed by atoms with van der Waals surface area (Å²) in [6.45, 7) is 2.41. The van der Waals surface area contributed by atoms with Crippen LogP contribution in [0.2, 0.25) is 0 Å². The van der Waals surface area contributed by atoms with Crippen molar-refractivity contribution in [2.45, 2.75) is 19.5 Å². The maximum Gasteiger partial charge on any atom is 0.123 e. The van der Waals surface area contributed by atoms with Gasteiger partial charge in [0.2, 0.25) is 0 Å². The molecule has 2 aromatic rings. The second-order valence-corrected chi connectivity index (χ2v) is 5.19. The highest BCUT2D eigenvalue weighted by atomic mass is 16.5. The molecule has 0 bridgehead atoms. The number of benzene rings is 1. The molecular weight excluding hydrogens is 262 g/mol. The van der Waals surface area contributed by atoms with E-state index in [1.165, 1.54) is 11.1 Å². The van der Waals surface area contributed by atoms with Crippen LogP contribution in [0, 0.1) is 0 Å². The lowest BCUT2D eigenvalue weighted by Crippen LogP contribution is -2.21. The Labute approximate surface area is 126 Å². The van der Waals surface area contributed by atoms with Gasteiger partial charge in [0.05, 0.1) is 7.11 Å². The Hall–Kier alpha value is -1.91. The van der Waals surface area contributed by atoms with Gasteiger partial charge in [-0.3, -0.25) is 4.98 Å². The SMILES string of the molecule is COc1ccc(CN(C)CCc2ccncc2)cc1CN. The van der Waals surface area contributed by atoms with Crippen molar-refractivity contribution in [3.8, 4) is 5.75 Å². The van der Waals surface area contributed by atoms with Crippen LogP contribution in [0.15, 0.2) is 42.7 Å². The summed E-state index contributed by atoms with van der Waals surface area (Å²) in [5, 5.41) is 0. The molecule has 2 rings (SSSR count). The molecule has 0 saturated heterocycles. The highest BCUT2D eigenvalue weighted by Gasteiger charge is 2.05. The van der Waals surface area contributed by atoms with E-state index < -0.39 is 0 Å². The smallest absolute Gasteiger partial charge is 0.123 e. The number of methoxy groups -OCH3 is 1. The summed E-state index contributed by atoms with van der Waals surface area (Å²) in [6.07, 6.45) is 4.71. The summed E-state index contributed by atoms with van der Waals surface area (Å²) in [7, 11) is 3.81. The average molecular weight is 285 g/mol. The van der Waals surface area contributed by atoms with E-state index in [0.29, 0.717) is 6.54 Å². The van der Waals surface area contributed by atoms with Crippen LogP contribution < -0.4 is 10.5 Å². The molecule has 4 nitrogen and oxygen atoms in total. The number of pyridine rings is 1. The van der Waals surface area contributed by atoms with E-state index in [9.17, 15) is 0 Å². The minimum Gasteiger partial charge on any atom is -0.496 e. The van der Waals surface area contributed by atoms with Crippen LogP contribution in [-0.2, 0) is 19.5 Å². The standard InChI is InChI=1S/C17H23N3O/c1-20(10-7-14-5-8-19-9-6-14)13-15-3-4-17(21-2)16(11-15)12-18/h3-6,8-9,11H,7,10,12-13,18H2,1-2H3. The molecule has 4 heteroatoms. The highest BCUT2D eigenvalue weighted by molar-refractivity contribution is 5.37.